The second kappa shape index (κ2) is 9.62. The molecule has 0 spiro atoms. The Morgan fingerprint density at radius 2 is 1.73 bits per heavy atom. The van der Waals surface area contributed by atoms with Crippen LogP contribution in [0.5, 0.6) is 0 Å². The van der Waals surface area contributed by atoms with Crippen molar-refractivity contribution in [2.45, 2.75) is 50.9 Å². The van der Waals surface area contributed by atoms with Crippen LogP contribution in [0.25, 0.3) is 0 Å². The van der Waals surface area contributed by atoms with Gasteiger partial charge in [-0.05, 0) is 56.8 Å². The van der Waals surface area contributed by atoms with Gasteiger partial charge in [-0.1, -0.05) is 37.3 Å². The first kappa shape index (κ1) is 21.5. The summed E-state index contributed by atoms with van der Waals surface area (Å²) < 4.78 is 27.2. The molecule has 0 bridgehead atoms. The topological polar surface area (TPSA) is 58.4 Å². The molecule has 3 heterocycles. The Morgan fingerprint density at radius 1 is 1.00 bits per heavy atom. The van der Waals surface area contributed by atoms with Gasteiger partial charge in [-0.2, -0.15) is 0 Å². The third-order valence-corrected chi connectivity index (χ3v) is 8.09. The minimum absolute atomic E-state index is 0.0693. The fraction of sp³-hybridized carbons (Fsp3) is 0.609. The monoisotopic (exact) mass is 430 g/mol. The van der Waals surface area contributed by atoms with Gasteiger partial charge in [0.1, 0.15) is 0 Å². The molecule has 7 heteroatoms. The van der Waals surface area contributed by atoms with Crippen LogP contribution in [0.3, 0.4) is 0 Å². The third-order valence-electron chi connectivity index (χ3n) is 6.45. The molecule has 0 N–H and O–H groups in total. The lowest BCUT2D eigenvalue weighted by Gasteiger charge is -2.34. The van der Waals surface area contributed by atoms with E-state index in [1.807, 2.05) is 34.9 Å². The fourth-order valence-corrected chi connectivity index (χ4v) is 5.82. The molecule has 30 heavy (non-hydrogen) atoms. The van der Waals surface area contributed by atoms with Gasteiger partial charge < -0.3 is 9.47 Å². The highest BCUT2D eigenvalue weighted by molar-refractivity contribution is 7.91. The number of hydrogen-bond acceptors (Lipinski definition) is 5. The molecule has 2 aliphatic heterocycles. The highest BCUT2D eigenvalue weighted by atomic mass is 32.2. The zero-order valence-corrected chi connectivity index (χ0v) is 18.9. The molecule has 0 aliphatic carbocycles. The first-order valence-corrected chi connectivity index (χ1v) is 13.0. The van der Waals surface area contributed by atoms with Crippen LogP contribution in [0.15, 0.2) is 41.7 Å². The van der Waals surface area contributed by atoms with Crippen LogP contribution in [0.2, 0.25) is 0 Å². The highest BCUT2D eigenvalue weighted by Gasteiger charge is 2.26. The van der Waals surface area contributed by atoms with Gasteiger partial charge in [-0.15, -0.1) is 0 Å². The number of benzene rings is 1. The zero-order valence-electron chi connectivity index (χ0n) is 18.0. The van der Waals surface area contributed by atoms with Gasteiger partial charge in [0.05, 0.1) is 24.2 Å². The molecule has 164 valence electrons. The maximum Gasteiger partial charge on any atom is 0.228 e. The predicted octanol–water partition coefficient (Wildman–Crippen LogP) is 3.03. The van der Waals surface area contributed by atoms with E-state index in [2.05, 4.69) is 14.8 Å². The van der Waals surface area contributed by atoms with E-state index in [1.165, 1.54) is 45.3 Å². The summed E-state index contributed by atoms with van der Waals surface area (Å²) in [5.74, 6) is 0.779. The first-order chi connectivity index (χ1) is 14.5. The molecule has 6 nitrogen and oxygen atoms in total. The van der Waals surface area contributed by atoms with Gasteiger partial charge in [0.15, 0.2) is 0 Å². The van der Waals surface area contributed by atoms with Crippen LogP contribution in [-0.2, 0) is 22.9 Å². The number of nitrogens with zero attached hydrogens (tertiary/aromatic N) is 4. The Bertz CT molecular complexity index is 920. The molecule has 1 aromatic heterocycles. The number of imidazole rings is 1. The van der Waals surface area contributed by atoms with E-state index in [1.54, 1.807) is 13.1 Å². The predicted molar refractivity (Wildman–Crippen MR) is 119 cm³/mol. The van der Waals surface area contributed by atoms with E-state index >= 15 is 0 Å². The summed E-state index contributed by atoms with van der Waals surface area (Å²) in [6, 6.07) is 10.1. The normalized spacial score (nSPS) is 21.3. The standard InChI is InChI=1S/C23H34N4O2S/c1-2-30(28,29)23-24-15-22(27(23)18-20-9-4-3-5-10-20)19-26-14-8-11-21(17-26)16-25-12-6-7-13-25/h3-5,9-10,15,21H,2,6-8,11-14,16-19H2,1H3. The van der Waals surface area contributed by atoms with Crippen LogP contribution in [0.1, 0.15) is 43.9 Å². The molecule has 2 aromatic rings. The number of sulfone groups is 1. The van der Waals surface area contributed by atoms with Crippen LogP contribution in [0.4, 0.5) is 0 Å². The SMILES string of the molecule is CCS(=O)(=O)c1ncc(CN2CCCC(CN3CCCC3)C2)n1Cc1ccccc1. The minimum Gasteiger partial charge on any atom is -0.313 e. The van der Waals surface area contributed by atoms with Crippen molar-refractivity contribution in [3.8, 4) is 0 Å². The van der Waals surface area contributed by atoms with Gasteiger partial charge in [-0.25, -0.2) is 13.4 Å². The number of piperidine rings is 1. The van der Waals surface area contributed by atoms with E-state index in [9.17, 15) is 8.42 Å². The molecule has 1 atom stereocenters. The van der Waals surface area contributed by atoms with E-state index in [-0.39, 0.29) is 10.9 Å². The number of hydrogen-bond donors (Lipinski definition) is 0. The van der Waals surface area contributed by atoms with Gasteiger partial charge >= 0.3 is 0 Å². The van der Waals surface area contributed by atoms with Crippen molar-refractivity contribution in [3.63, 3.8) is 0 Å². The Hall–Kier alpha value is -1.70. The molecular weight excluding hydrogens is 396 g/mol. The Labute approximate surface area is 180 Å². The molecule has 0 radical (unpaired) electrons. The lowest BCUT2D eigenvalue weighted by molar-refractivity contribution is 0.135. The van der Waals surface area contributed by atoms with Crippen molar-refractivity contribution in [1.29, 1.82) is 0 Å². The highest BCUT2D eigenvalue weighted by Crippen LogP contribution is 2.23. The summed E-state index contributed by atoms with van der Waals surface area (Å²) in [7, 11) is -3.37. The number of aromatic nitrogens is 2. The van der Waals surface area contributed by atoms with E-state index in [4.69, 9.17) is 0 Å². The second-order valence-electron chi connectivity index (χ2n) is 8.76. The second-order valence-corrected chi connectivity index (χ2v) is 10.9. The van der Waals surface area contributed by atoms with Crippen molar-refractivity contribution < 1.29 is 8.42 Å². The summed E-state index contributed by atoms with van der Waals surface area (Å²) >= 11 is 0. The number of likely N-dealkylation sites (tertiary alicyclic amines) is 2. The molecule has 4 rings (SSSR count). The summed E-state index contributed by atoms with van der Waals surface area (Å²) in [5.41, 5.74) is 2.09. The van der Waals surface area contributed by atoms with Crippen LogP contribution in [0, 0.1) is 5.92 Å². The van der Waals surface area contributed by atoms with E-state index in [0.717, 1.165) is 30.9 Å². The van der Waals surface area contributed by atoms with Crippen molar-refractivity contribution in [2.75, 3.05) is 38.5 Å². The third kappa shape index (κ3) is 5.13. The minimum atomic E-state index is -3.37. The molecule has 0 saturated carbocycles. The Kier molecular flexibility index (Phi) is 6.91. The molecule has 1 unspecified atom stereocenters. The lowest BCUT2D eigenvalue weighted by Crippen LogP contribution is -2.40. The number of rotatable bonds is 8. The summed E-state index contributed by atoms with van der Waals surface area (Å²) in [6.07, 6.45) is 6.96. The van der Waals surface area contributed by atoms with Crippen LogP contribution in [-0.4, -0.2) is 66.2 Å². The zero-order chi connectivity index (χ0) is 21.0. The summed E-state index contributed by atoms with van der Waals surface area (Å²) in [6.45, 7) is 8.84. The van der Waals surface area contributed by atoms with Gasteiger partial charge in [-0.3, -0.25) is 4.90 Å². The molecule has 2 aliphatic rings. The molecule has 2 fully saturated rings. The van der Waals surface area contributed by atoms with Crippen LogP contribution < -0.4 is 0 Å². The molecule has 0 amide bonds. The smallest absolute Gasteiger partial charge is 0.228 e. The largest absolute Gasteiger partial charge is 0.313 e. The van der Waals surface area contributed by atoms with E-state index in [0.29, 0.717) is 12.5 Å². The van der Waals surface area contributed by atoms with Crippen molar-refractivity contribution in [1.82, 2.24) is 19.4 Å². The van der Waals surface area contributed by atoms with Gasteiger partial charge in [0.2, 0.25) is 15.0 Å². The van der Waals surface area contributed by atoms with Gasteiger partial charge in [0, 0.05) is 19.6 Å². The quantitative estimate of drug-likeness (QED) is 0.644. The average molecular weight is 431 g/mol. The average Bonchev–Trinajstić information content (AvgIpc) is 3.40. The molecule has 2 saturated heterocycles. The van der Waals surface area contributed by atoms with Crippen molar-refractivity contribution >= 4 is 9.84 Å². The molecule has 1 aromatic carbocycles. The maximum absolute atomic E-state index is 12.7. The lowest BCUT2D eigenvalue weighted by atomic mass is 9.97. The van der Waals surface area contributed by atoms with Crippen LogP contribution >= 0.6 is 0 Å². The Morgan fingerprint density at radius 3 is 2.47 bits per heavy atom. The summed E-state index contributed by atoms with van der Waals surface area (Å²) in [5, 5.41) is 0.203. The van der Waals surface area contributed by atoms with Gasteiger partial charge in [0.25, 0.3) is 0 Å². The first-order valence-electron chi connectivity index (χ1n) is 11.3. The summed E-state index contributed by atoms with van der Waals surface area (Å²) in [4.78, 5) is 9.46. The Balaban J connectivity index is 1.51. The van der Waals surface area contributed by atoms with Crippen molar-refractivity contribution in [3.05, 3.63) is 47.8 Å². The van der Waals surface area contributed by atoms with Crippen molar-refractivity contribution in [2.24, 2.45) is 5.92 Å². The fourth-order valence-electron chi connectivity index (χ4n) is 4.83. The molecular formula is C23H34N4O2S. The van der Waals surface area contributed by atoms with E-state index < -0.39 is 9.84 Å². The maximum atomic E-state index is 12.7.